The molecule has 2 unspecified atom stereocenters. The molecule has 0 radical (unpaired) electrons. The second-order valence-corrected chi connectivity index (χ2v) is 8.95. The number of carbonyl (C=O) groups excluding carboxylic acids is 4. The van der Waals surface area contributed by atoms with E-state index in [4.69, 9.17) is 14.2 Å². The fourth-order valence-electron chi connectivity index (χ4n) is 4.84. The maximum atomic E-state index is 13.6. The van der Waals surface area contributed by atoms with Crippen molar-refractivity contribution in [2.24, 2.45) is 0 Å². The van der Waals surface area contributed by atoms with Gasteiger partial charge in [0.15, 0.2) is 0 Å². The molecule has 3 aliphatic heterocycles. The van der Waals surface area contributed by atoms with Crippen molar-refractivity contribution in [1.29, 1.82) is 0 Å². The zero-order valence-electron chi connectivity index (χ0n) is 20.4. The van der Waals surface area contributed by atoms with Crippen LogP contribution >= 0.6 is 0 Å². The molecule has 4 amide bonds. The van der Waals surface area contributed by atoms with E-state index in [0.29, 0.717) is 43.7 Å². The number of esters is 1. The average Bonchev–Trinajstić information content (AvgIpc) is 3.43. The number of hydrogen-bond acceptors (Lipinski definition) is 7. The number of fused-ring (bicyclic) bond motifs is 1. The molecule has 0 spiro atoms. The summed E-state index contributed by atoms with van der Waals surface area (Å²) < 4.78 is 15.7. The molecule has 0 bridgehead atoms. The van der Waals surface area contributed by atoms with E-state index in [0.717, 1.165) is 0 Å². The Hall–Kier alpha value is -3.60. The van der Waals surface area contributed by atoms with Gasteiger partial charge in [-0.25, -0.2) is 4.79 Å². The van der Waals surface area contributed by atoms with Gasteiger partial charge in [0, 0.05) is 18.3 Å². The molecule has 5 atom stereocenters. The molecule has 194 valence electrons. The van der Waals surface area contributed by atoms with Crippen molar-refractivity contribution in [3.05, 3.63) is 36.4 Å². The number of anilines is 1. The molecule has 3 heterocycles. The van der Waals surface area contributed by atoms with Gasteiger partial charge in [-0.15, -0.1) is 0 Å². The standard InChI is InChI=1S/C25H32N4O7/c1-3-35-24-19(14-21(30)36-24)27-22(31)20-13-10-16-6-4-5-7-18(23(32)29(16)20)28-25(33)26-15-8-11-17(34-2)12-9-15/h4-5,8-9,11-12,16,18-20,24H,3,6-7,10,13-14H2,1-2H3,(H,27,31)(H2,26,28,33)/b5-4-/t16-,18+,19?,20+,24?/m1/s1. The van der Waals surface area contributed by atoms with Crippen molar-refractivity contribution in [3.63, 3.8) is 0 Å². The Morgan fingerprint density at radius 3 is 2.56 bits per heavy atom. The third kappa shape index (κ3) is 5.78. The quantitative estimate of drug-likeness (QED) is 0.383. The van der Waals surface area contributed by atoms with E-state index in [1.807, 2.05) is 12.2 Å². The van der Waals surface area contributed by atoms with Crippen molar-refractivity contribution in [2.45, 2.75) is 69.5 Å². The van der Waals surface area contributed by atoms with Crippen LogP contribution in [0.4, 0.5) is 10.5 Å². The van der Waals surface area contributed by atoms with E-state index in [1.165, 1.54) is 0 Å². The van der Waals surface area contributed by atoms with E-state index in [-0.39, 0.29) is 24.3 Å². The Morgan fingerprint density at radius 2 is 1.83 bits per heavy atom. The van der Waals surface area contributed by atoms with Gasteiger partial charge in [0.05, 0.1) is 13.5 Å². The number of carbonyl (C=O) groups is 4. The number of rotatable bonds is 7. The number of urea groups is 1. The summed E-state index contributed by atoms with van der Waals surface area (Å²) in [5, 5.41) is 8.31. The fourth-order valence-corrected chi connectivity index (χ4v) is 4.84. The van der Waals surface area contributed by atoms with E-state index in [9.17, 15) is 19.2 Å². The highest BCUT2D eigenvalue weighted by Crippen LogP contribution is 2.30. The lowest BCUT2D eigenvalue weighted by Gasteiger charge is -2.34. The number of ether oxygens (including phenoxy) is 3. The predicted octanol–water partition coefficient (Wildman–Crippen LogP) is 1.69. The first kappa shape index (κ1) is 25.5. The molecule has 3 aliphatic rings. The molecule has 0 aliphatic carbocycles. The normalized spacial score (nSPS) is 28.4. The molecule has 4 rings (SSSR count). The summed E-state index contributed by atoms with van der Waals surface area (Å²) in [6.07, 6.45) is 5.13. The minimum absolute atomic E-state index is 0.0128. The molecule has 1 aromatic carbocycles. The van der Waals surface area contributed by atoms with Gasteiger partial charge in [-0.1, -0.05) is 12.2 Å². The van der Waals surface area contributed by atoms with Crippen LogP contribution in [0.15, 0.2) is 36.4 Å². The summed E-state index contributed by atoms with van der Waals surface area (Å²) >= 11 is 0. The fraction of sp³-hybridized carbons (Fsp3) is 0.520. The van der Waals surface area contributed by atoms with Crippen molar-refractivity contribution in [2.75, 3.05) is 19.0 Å². The smallest absolute Gasteiger partial charge is 0.319 e. The molecular weight excluding hydrogens is 468 g/mol. The molecule has 0 saturated carbocycles. The topological polar surface area (TPSA) is 135 Å². The van der Waals surface area contributed by atoms with Gasteiger partial charge in [0.25, 0.3) is 0 Å². The molecule has 3 N–H and O–H groups in total. The molecular formula is C25H32N4O7. The summed E-state index contributed by atoms with van der Waals surface area (Å²) in [5.41, 5.74) is 0.552. The molecule has 2 saturated heterocycles. The molecule has 1 aromatic rings. The zero-order valence-corrected chi connectivity index (χ0v) is 20.4. The maximum Gasteiger partial charge on any atom is 0.319 e. The van der Waals surface area contributed by atoms with Gasteiger partial charge in [-0.05, 0) is 56.9 Å². The van der Waals surface area contributed by atoms with Crippen LogP contribution in [0.5, 0.6) is 5.75 Å². The van der Waals surface area contributed by atoms with Crippen molar-refractivity contribution in [3.8, 4) is 5.75 Å². The SMILES string of the molecule is CCOC1OC(=O)CC1NC(=O)[C@@H]1CC[C@H]2C/C=C\C[C@H](NC(=O)Nc3ccc(OC)cc3)C(=O)N21. The van der Waals surface area contributed by atoms with Crippen LogP contribution < -0.4 is 20.7 Å². The van der Waals surface area contributed by atoms with Gasteiger partial charge in [-0.2, -0.15) is 0 Å². The number of hydrogen-bond donors (Lipinski definition) is 3. The second kappa shape index (κ2) is 11.4. The number of methoxy groups -OCH3 is 1. The van der Waals surface area contributed by atoms with Gasteiger partial charge >= 0.3 is 12.0 Å². The van der Waals surface area contributed by atoms with Crippen LogP contribution in [0.3, 0.4) is 0 Å². The highest BCUT2D eigenvalue weighted by molar-refractivity contribution is 5.96. The van der Waals surface area contributed by atoms with Gasteiger partial charge in [0.1, 0.15) is 23.9 Å². The molecule has 0 aromatic heterocycles. The predicted molar refractivity (Wildman–Crippen MR) is 129 cm³/mol. The number of nitrogens with one attached hydrogen (secondary N) is 3. The number of benzene rings is 1. The van der Waals surface area contributed by atoms with E-state index < -0.39 is 36.4 Å². The largest absolute Gasteiger partial charge is 0.497 e. The summed E-state index contributed by atoms with van der Waals surface area (Å²) in [4.78, 5) is 52.8. The monoisotopic (exact) mass is 500 g/mol. The lowest BCUT2D eigenvalue weighted by atomic mass is 10.0. The Balaban J connectivity index is 1.42. The zero-order chi connectivity index (χ0) is 25.7. The number of nitrogens with zero attached hydrogens (tertiary/aromatic N) is 1. The van der Waals surface area contributed by atoms with Crippen LogP contribution in [-0.4, -0.2) is 72.9 Å². The van der Waals surface area contributed by atoms with Crippen LogP contribution in [0.1, 0.15) is 39.0 Å². The first-order valence-corrected chi connectivity index (χ1v) is 12.2. The summed E-state index contributed by atoms with van der Waals surface area (Å²) in [6.45, 7) is 2.11. The summed E-state index contributed by atoms with van der Waals surface area (Å²) in [5.74, 6) is -0.453. The summed E-state index contributed by atoms with van der Waals surface area (Å²) in [7, 11) is 1.56. The van der Waals surface area contributed by atoms with Gasteiger partial charge in [-0.3, -0.25) is 14.4 Å². The first-order chi connectivity index (χ1) is 17.4. The number of cyclic esters (lactones) is 1. The van der Waals surface area contributed by atoms with Gasteiger partial charge in [0.2, 0.25) is 18.1 Å². The first-order valence-electron chi connectivity index (χ1n) is 12.2. The Kier molecular flexibility index (Phi) is 8.09. The van der Waals surface area contributed by atoms with Crippen molar-refractivity contribution in [1.82, 2.24) is 15.5 Å². The van der Waals surface area contributed by atoms with E-state index in [2.05, 4.69) is 16.0 Å². The Bertz CT molecular complexity index is 1010. The second-order valence-electron chi connectivity index (χ2n) is 8.95. The Labute approximate surface area is 209 Å². The maximum absolute atomic E-state index is 13.6. The van der Waals surface area contributed by atoms with Crippen molar-refractivity contribution < 1.29 is 33.4 Å². The minimum atomic E-state index is -0.842. The highest BCUT2D eigenvalue weighted by Gasteiger charge is 2.45. The third-order valence-corrected chi connectivity index (χ3v) is 6.58. The van der Waals surface area contributed by atoms with E-state index in [1.54, 1.807) is 43.2 Å². The van der Waals surface area contributed by atoms with Crippen LogP contribution in [0, 0.1) is 0 Å². The molecule has 2 fully saturated rings. The number of amides is 4. The highest BCUT2D eigenvalue weighted by atomic mass is 16.7. The Morgan fingerprint density at radius 1 is 1.08 bits per heavy atom. The third-order valence-electron chi connectivity index (χ3n) is 6.58. The van der Waals surface area contributed by atoms with Crippen LogP contribution in [0.25, 0.3) is 0 Å². The average molecular weight is 501 g/mol. The van der Waals surface area contributed by atoms with Crippen molar-refractivity contribution >= 4 is 29.5 Å². The van der Waals surface area contributed by atoms with Crippen LogP contribution in [-0.2, 0) is 23.9 Å². The van der Waals surface area contributed by atoms with Gasteiger partial charge < -0.3 is 35.1 Å². The lowest BCUT2D eigenvalue weighted by Crippen LogP contribution is -2.57. The molecule has 11 nitrogen and oxygen atoms in total. The minimum Gasteiger partial charge on any atom is -0.497 e. The molecule has 36 heavy (non-hydrogen) atoms. The summed E-state index contributed by atoms with van der Waals surface area (Å²) in [6, 6.07) is 4.01. The molecule has 11 heteroatoms. The van der Waals surface area contributed by atoms with Crippen LogP contribution in [0.2, 0.25) is 0 Å². The van der Waals surface area contributed by atoms with E-state index >= 15 is 0 Å². The lowest BCUT2D eigenvalue weighted by molar-refractivity contribution is -0.164.